The molecule has 2 N–H and O–H groups in total. The first-order valence-electron chi connectivity index (χ1n) is 7.89. The monoisotopic (exact) mass is 344 g/mol. The van der Waals surface area contributed by atoms with Gasteiger partial charge in [-0.3, -0.25) is 29.0 Å². The molecular weight excluding hydrogens is 316 g/mol. The Morgan fingerprint density at radius 2 is 1.21 bits per heavy atom. The Bertz CT molecular complexity index is 470. The van der Waals surface area contributed by atoms with Crippen LogP contribution >= 0.6 is 0 Å². The fourth-order valence-corrected chi connectivity index (χ4v) is 1.89. The fraction of sp³-hybridized carbons (Fsp3) is 0.750. The summed E-state index contributed by atoms with van der Waals surface area (Å²) in [4.78, 5) is 48.4. The highest BCUT2D eigenvalue weighted by molar-refractivity contribution is 5.86. The SMILES string of the molecule is CCC(=O)CN(CCN(CC(=O)O)CC(=O)C(C)(C)C)CC(=O)O. The van der Waals surface area contributed by atoms with Gasteiger partial charge in [-0.05, 0) is 0 Å². The van der Waals surface area contributed by atoms with Crippen LogP contribution in [0.4, 0.5) is 0 Å². The maximum Gasteiger partial charge on any atom is 0.317 e. The first-order chi connectivity index (χ1) is 11.0. The largest absolute Gasteiger partial charge is 0.480 e. The minimum Gasteiger partial charge on any atom is -0.480 e. The molecule has 0 bridgehead atoms. The molecule has 0 saturated heterocycles. The lowest BCUT2D eigenvalue weighted by atomic mass is 9.90. The van der Waals surface area contributed by atoms with Gasteiger partial charge >= 0.3 is 11.9 Å². The van der Waals surface area contributed by atoms with Crippen LogP contribution in [0.5, 0.6) is 0 Å². The second kappa shape index (κ2) is 10.1. The minimum atomic E-state index is -1.06. The third-order valence-electron chi connectivity index (χ3n) is 3.45. The van der Waals surface area contributed by atoms with E-state index in [1.165, 1.54) is 9.80 Å². The van der Waals surface area contributed by atoms with E-state index in [-0.39, 0.29) is 50.8 Å². The summed E-state index contributed by atoms with van der Waals surface area (Å²) in [5.74, 6) is -2.31. The lowest BCUT2D eigenvalue weighted by molar-refractivity contribution is -0.141. The summed E-state index contributed by atoms with van der Waals surface area (Å²) in [6.07, 6.45) is 0.303. The number of Topliss-reactive ketones (excluding diaryl/α,β-unsaturated/α-hetero) is 2. The molecule has 8 nitrogen and oxygen atoms in total. The van der Waals surface area contributed by atoms with Crippen molar-refractivity contribution in [3.8, 4) is 0 Å². The molecule has 0 amide bonds. The Labute approximate surface area is 142 Å². The fourth-order valence-electron chi connectivity index (χ4n) is 1.89. The summed E-state index contributed by atoms with van der Waals surface area (Å²) in [5, 5.41) is 17.9. The molecule has 0 rings (SSSR count). The molecule has 0 saturated carbocycles. The average molecular weight is 344 g/mol. The molecule has 8 heteroatoms. The van der Waals surface area contributed by atoms with Gasteiger partial charge in [0.1, 0.15) is 5.78 Å². The van der Waals surface area contributed by atoms with Crippen LogP contribution in [-0.2, 0) is 19.2 Å². The summed E-state index contributed by atoms with van der Waals surface area (Å²) in [5.41, 5.74) is -0.588. The maximum atomic E-state index is 12.1. The Hall–Kier alpha value is -1.80. The van der Waals surface area contributed by atoms with E-state index < -0.39 is 17.4 Å². The van der Waals surface area contributed by atoms with E-state index >= 15 is 0 Å². The van der Waals surface area contributed by atoms with Gasteiger partial charge in [-0.1, -0.05) is 27.7 Å². The van der Waals surface area contributed by atoms with Gasteiger partial charge < -0.3 is 10.2 Å². The Kier molecular flexibility index (Phi) is 9.38. The van der Waals surface area contributed by atoms with E-state index in [0.29, 0.717) is 6.42 Å². The van der Waals surface area contributed by atoms with Crippen molar-refractivity contribution in [2.24, 2.45) is 5.41 Å². The van der Waals surface area contributed by atoms with Crippen LogP contribution in [0.1, 0.15) is 34.1 Å². The summed E-state index contributed by atoms with van der Waals surface area (Å²) in [6.45, 7) is 6.70. The van der Waals surface area contributed by atoms with Crippen molar-refractivity contribution in [2.75, 3.05) is 39.3 Å². The number of hydrogen-bond donors (Lipinski definition) is 2. The normalized spacial score (nSPS) is 11.8. The number of rotatable bonds is 12. The topological polar surface area (TPSA) is 115 Å². The molecule has 0 fully saturated rings. The van der Waals surface area contributed by atoms with E-state index in [9.17, 15) is 19.2 Å². The molecule has 0 heterocycles. The second-order valence-electron chi connectivity index (χ2n) is 6.77. The average Bonchev–Trinajstić information content (AvgIpc) is 2.41. The van der Waals surface area contributed by atoms with Gasteiger partial charge in [0.25, 0.3) is 0 Å². The van der Waals surface area contributed by atoms with Crippen molar-refractivity contribution in [1.29, 1.82) is 0 Å². The molecule has 138 valence electrons. The van der Waals surface area contributed by atoms with Crippen LogP contribution < -0.4 is 0 Å². The lowest BCUT2D eigenvalue weighted by Crippen LogP contribution is -2.44. The smallest absolute Gasteiger partial charge is 0.317 e. The van der Waals surface area contributed by atoms with Crippen molar-refractivity contribution < 1.29 is 29.4 Å². The lowest BCUT2D eigenvalue weighted by Gasteiger charge is -2.27. The van der Waals surface area contributed by atoms with Gasteiger partial charge in [0, 0.05) is 24.9 Å². The van der Waals surface area contributed by atoms with E-state index in [0.717, 1.165) is 0 Å². The number of carbonyl (C=O) groups is 4. The van der Waals surface area contributed by atoms with Crippen LogP contribution in [0.2, 0.25) is 0 Å². The van der Waals surface area contributed by atoms with Crippen LogP contribution in [0.25, 0.3) is 0 Å². The highest BCUT2D eigenvalue weighted by Gasteiger charge is 2.25. The third-order valence-corrected chi connectivity index (χ3v) is 3.45. The van der Waals surface area contributed by atoms with Gasteiger partial charge in [0.2, 0.25) is 0 Å². The van der Waals surface area contributed by atoms with Gasteiger partial charge in [0.05, 0.1) is 26.2 Å². The zero-order valence-electron chi connectivity index (χ0n) is 14.9. The number of aliphatic carboxylic acids is 2. The van der Waals surface area contributed by atoms with Crippen LogP contribution in [-0.4, -0.2) is 82.8 Å². The molecule has 0 atom stereocenters. The highest BCUT2D eigenvalue weighted by atomic mass is 16.4. The molecule has 0 radical (unpaired) electrons. The molecule has 0 aromatic rings. The summed E-state index contributed by atoms with van der Waals surface area (Å²) >= 11 is 0. The van der Waals surface area contributed by atoms with Crippen LogP contribution in [0.3, 0.4) is 0 Å². The summed E-state index contributed by atoms with van der Waals surface area (Å²) < 4.78 is 0. The van der Waals surface area contributed by atoms with Gasteiger partial charge in [0.15, 0.2) is 5.78 Å². The Morgan fingerprint density at radius 1 is 0.792 bits per heavy atom. The summed E-state index contributed by atoms with van der Waals surface area (Å²) in [7, 11) is 0. The minimum absolute atomic E-state index is 0.00305. The van der Waals surface area contributed by atoms with Crippen molar-refractivity contribution in [3.05, 3.63) is 0 Å². The number of carboxylic acids is 2. The molecule has 0 aliphatic heterocycles. The van der Waals surface area contributed by atoms with Crippen LogP contribution in [0.15, 0.2) is 0 Å². The summed E-state index contributed by atoms with van der Waals surface area (Å²) in [6, 6.07) is 0. The molecule has 0 spiro atoms. The highest BCUT2D eigenvalue weighted by Crippen LogP contribution is 2.15. The number of carboxylic acid groups (broad SMARTS) is 2. The molecule has 0 unspecified atom stereocenters. The van der Waals surface area contributed by atoms with Crippen molar-refractivity contribution in [2.45, 2.75) is 34.1 Å². The molecule has 24 heavy (non-hydrogen) atoms. The first kappa shape index (κ1) is 22.2. The quantitative estimate of drug-likeness (QED) is 0.521. The molecule has 0 aliphatic rings. The standard InChI is InChI=1S/C16H28N2O6/c1-5-12(19)8-17(10-14(21)22)6-7-18(11-15(23)24)9-13(20)16(2,3)4/h5-11H2,1-4H3,(H,21,22)(H,23,24). The molecule has 0 aliphatic carbocycles. The van der Waals surface area contributed by atoms with E-state index in [1.807, 2.05) is 0 Å². The van der Waals surface area contributed by atoms with Crippen molar-refractivity contribution in [1.82, 2.24) is 9.80 Å². The van der Waals surface area contributed by atoms with Gasteiger partial charge in [-0.2, -0.15) is 0 Å². The number of ketones is 2. The number of nitrogens with zero attached hydrogens (tertiary/aromatic N) is 2. The Morgan fingerprint density at radius 3 is 1.54 bits per heavy atom. The molecule has 0 aromatic carbocycles. The molecule has 0 aromatic heterocycles. The third kappa shape index (κ3) is 10.1. The number of carbonyl (C=O) groups excluding carboxylic acids is 2. The predicted octanol–water partition coefficient (Wildman–Crippen LogP) is 0.354. The Balaban J connectivity index is 4.84. The predicted molar refractivity (Wildman–Crippen MR) is 87.9 cm³/mol. The first-order valence-corrected chi connectivity index (χ1v) is 7.89. The zero-order chi connectivity index (χ0) is 18.9. The maximum absolute atomic E-state index is 12.1. The van der Waals surface area contributed by atoms with Crippen LogP contribution in [0, 0.1) is 5.41 Å². The van der Waals surface area contributed by atoms with E-state index in [2.05, 4.69) is 0 Å². The molecular formula is C16H28N2O6. The van der Waals surface area contributed by atoms with Gasteiger partial charge in [-0.15, -0.1) is 0 Å². The van der Waals surface area contributed by atoms with E-state index in [4.69, 9.17) is 10.2 Å². The number of hydrogen-bond acceptors (Lipinski definition) is 6. The zero-order valence-corrected chi connectivity index (χ0v) is 14.9. The second-order valence-corrected chi connectivity index (χ2v) is 6.77. The van der Waals surface area contributed by atoms with E-state index in [1.54, 1.807) is 27.7 Å². The van der Waals surface area contributed by atoms with Crippen molar-refractivity contribution in [3.63, 3.8) is 0 Å². The van der Waals surface area contributed by atoms with Gasteiger partial charge in [-0.25, -0.2) is 0 Å². The van der Waals surface area contributed by atoms with Crippen molar-refractivity contribution >= 4 is 23.5 Å².